The molecule has 0 aliphatic heterocycles. The number of nitrogens with zero attached hydrogens (tertiary/aromatic N) is 1. The molecule has 0 unspecified atom stereocenters. The number of H-pyrrole nitrogens is 1. The van der Waals surface area contributed by atoms with Gasteiger partial charge in [-0.05, 0) is 29.7 Å². The lowest BCUT2D eigenvalue weighted by Gasteiger charge is -2.11. The van der Waals surface area contributed by atoms with Crippen molar-refractivity contribution >= 4 is 11.0 Å². The molecule has 2 heteroatoms. The standard InChI is InChI=1S/C20H16N2/c1-14-21-18-13-12-17(15-8-4-2-5-9-15)19(20(18)22-14)16-10-6-3-7-11-16/h2-13H,1H3,(H,21,22). The lowest BCUT2D eigenvalue weighted by atomic mass is 9.93. The van der Waals surface area contributed by atoms with Crippen molar-refractivity contribution in [3.63, 3.8) is 0 Å². The molecule has 4 rings (SSSR count). The number of aryl methyl sites for hydroxylation is 1. The van der Waals surface area contributed by atoms with E-state index in [4.69, 9.17) is 0 Å². The topological polar surface area (TPSA) is 28.7 Å². The molecule has 0 spiro atoms. The second-order valence-corrected chi connectivity index (χ2v) is 5.44. The zero-order chi connectivity index (χ0) is 14.9. The van der Waals surface area contributed by atoms with E-state index in [1.54, 1.807) is 0 Å². The second-order valence-electron chi connectivity index (χ2n) is 5.44. The average Bonchev–Trinajstić information content (AvgIpc) is 2.95. The summed E-state index contributed by atoms with van der Waals surface area (Å²) in [5.74, 6) is 0.942. The molecule has 22 heavy (non-hydrogen) atoms. The molecule has 0 saturated heterocycles. The molecular weight excluding hydrogens is 268 g/mol. The third-order valence-electron chi connectivity index (χ3n) is 3.92. The number of benzene rings is 3. The molecule has 4 aromatic rings. The monoisotopic (exact) mass is 284 g/mol. The van der Waals surface area contributed by atoms with Crippen LogP contribution in [0.3, 0.4) is 0 Å². The highest BCUT2D eigenvalue weighted by Crippen LogP contribution is 2.37. The first kappa shape index (κ1) is 12.8. The largest absolute Gasteiger partial charge is 0.342 e. The summed E-state index contributed by atoms with van der Waals surface area (Å²) in [7, 11) is 0. The normalized spacial score (nSPS) is 11.0. The van der Waals surface area contributed by atoms with Gasteiger partial charge in [0.05, 0.1) is 11.0 Å². The zero-order valence-corrected chi connectivity index (χ0v) is 12.4. The lowest BCUT2D eigenvalue weighted by molar-refractivity contribution is 1.17. The van der Waals surface area contributed by atoms with Crippen LogP contribution in [0.5, 0.6) is 0 Å². The lowest BCUT2D eigenvalue weighted by Crippen LogP contribution is -1.87. The molecule has 0 amide bonds. The Labute approximate surface area is 129 Å². The number of hydrogen-bond acceptors (Lipinski definition) is 1. The zero-order valence-electron chi connectivity index (χ0n) is 12.4. The second kappa shape index (κ2) is 5.15. The van der Waals surface area contributed by atoms with E-state index in [0.29, 0.717) is 0 Å². The molecule has 3 aromatic carbocycles. The number of aromatic amines is 1. The molecule has 0 atom stereocenters. The van der Waals surface area contributed by atoms with Crippen molar-refractivity contribution in [3.8, 4) is 22.3 Å². The van der Waals surface area contributed by atoms with Crippen LogP contribution in [0.4, 0.5) is 0 Å². The van der Waals surface area contributed by atoms with E-state index in [1.165, 1.54) is 22.3 Å². The Morgan fingerprint density at radius 1 is 0.727 bits per heavy atom. The Morgan fingerprint density at radius 3 is 2.05 bits per heavy atom. The van der Waals surface area contributed by atoms with Gasteiger partial charge in [-0.15, -0.1) is 0 Å². The van der Waals surface area contributed by atoms with Gasteiger partial charge in [0.15, 0.2) is 0 Å². The summed E-state index contributed by atoms with van der Waals surface area (Å²) in [6.07, 6.45) is 0. The molecule has 0 aliphatic rings. The molecule has 1 aromatic heterocycles. The van der Waals surface area contributed by atoms with Crippen molar-refractivity contribution < 1.29 is 0 Å². The Hall–Kier alpha value is -2.87. The van der Waals surface area contributed by atoms with Crippen molar-refractivity contribution in [3.05, 3.63) is 78.6 Å². The van der Waals surface area contributed by atoms with Gasteiger partial charge in [-0.25, -0.2) is 4.98 Å². The molecule has 0 saturated carbocycles. The van der Waals surface area contributed by atoms with Crippen LogP contribution in [-0.2, 0) is 0 Å². The van der Waals surface area contributed by atoms with Crippen molar-refractivity contribution in [2.45, 2.75) is 6.92 Å². The van der Waals surface area contributed by atoms with Crippen LogP contribution in [0.1, 0.15) is 5.82 Å². The summed E-state index contributed by atoms with van der Waals surface area (Å²) in [6.45, 7) is 2.00. The van der Waals surface area contributed by atoms with Crippen LogP contribution < -0.4 is 0 Å². The van der Waals surface area contributed by atoms with E-state index >= 15 is 0 Å². The van der Waals surface area contributed by atoms with E-state index in [9.17, 15) is 0 Å². The summed E-state index contributed by atoms with van der Waals surface area (Å²) >= 11 is 0. The van der Waals surface area contributed by atoms with E-state index in [0.717, 1.165) is 16.9 Å². The maximum Gasteiger partial charge on any atom is 0.104 e. The molecule has 2 nitrogen and oxygen atoms in total. The fraction of sp³-hybridized carbons (Fsp3) is 0.0500. The van der Waals surface area contributed by atoms with Gasteiger partial charge in [-0.2, -0.15) is 0 Å². The first-order valence-electron chi connectivity index (χ1n) is 7.43. The maximum absolute atomic E-state index is 4.58. The summed E-state index contributed by atoms with van der Waals surface area (Å²) in [6, 6.07) is 25.3. The van der Waals surface area contributed by atoms with Crippen LogP contribution in [0.25, 0.3) is 33.3 Å². The maximum atomic E-state index is 4.58. The molecule has 106 valence electrons. The number of hydrogen-bond donors (Lipinski definition) is 1. The van der Waals surface area contributed by atoms with Crippen LogP contribution >= 0.6 is 0 Å². The van der Waals surface area contributed by atoms with Gasteiger partial charge >= 0.3 is 0 Å². The molecule has 0 fully saturated rings. The third kappa shape index (κ3) is 2.09. The predicted octanol–water partition coefficient (Wildman–Crippen LogP) is 5.21. The van der Waals surface area contributed by atoms with E-state index in [-0.39, 0.29) is 0 Å². The summed E-state index contributed by atoms with van der Waals surface area (Å²) in [5.41, 5.74) is 6.97. The molecule has 1 N–H and O–H groups in total. The van der Waals surface area contributed by atoms with Crippen LogP contribution in [0.2, 0.25) is 0 Å². The Morgan fingerprint density at radius 2 is 1.36 bits per heavy atom. The molecular formula is C20H16N2. The van der Waals surface area contributed by atoms with Gasteiger partial charge in [0.1, 0.15) is 5.82 Å². The first-order chi connectivity index (χ1) is 10.8. The molecule has 0 radical (unpaired) electrons. The van der Waals surface area contributed by atoms with Crippen molar-refractivity contribution in [1.82, 2.24) is 9.97 Å². The fourth-order valence-electron chi connectivity index (χ4n) is 2.96. The third-order valence-corrected chi connectivity index (χ3v) is 3.92. The van der Waals surface area contributed by atoms with Gasteiger partial charge in [-0.1, -0.05) is 66.7 Å². The number of fused-ring (bicyclic) bond motifs is 1. The Kier molecular flexibility index (Phi) is 3.01. The summed E-state index contributed by atoms with van der Waals surface area (Å²) in [5, 5.41) is 0. The number of nitrogens with one attached hydrogen (secondary N) is 1. The highest BCUT2D eigenvalue weighted by molar-refractivity contribution is 6.00. The first-order valence-corrected chi connectivity index (χ1v) is 7.43. The van der Waals surface area contributed by atoms with Crippen molar-refractivity contribution in [1.29, 1.82) is 0 Å². The average molecular weight is 284 g/mol. The van der Waals surface area contributed by atoms with E-state index in [2.05, 4.69) is 70.6 Å². The van der Waals surface area contributed by atoms with Gasteiger partial charge < -0.3 is 4.98 Å². The van der Waals surface area contributed by atoms with E-state index in [1.807, 2.05) is 19.1 Å². The minimum atomic E-state index is 0.942. The SMILES string of the molecule is Cc1nc2ccc(-c3ccccc3)c(-c3ccccc3)c2[nH]1. The van der Waals surface area contributed by atoms with Gasteiger partial charge in [0.2, 0.25) is 0 Å². The Bertz CT molecular complexity index is 922. The minimum absolute atomic E-state index is 0.942. The highest BCUT2D eigenvalue weighted by Gasteiger charge is 2.13. The van der Waals surface area contributed by atoms with Crippen LogP contribution in [0.15, 0.2) is 72.8 Å². The van der Waals surface area contributed by atoms with Gasteiger partial charge in [0, 0.05) is 5.56 Å². The fourth-order valence-corrected chi connectivity index (χ4v) is 2.96. The molecule has 1 heterocycles. The quantitative estimate of drug-likeness (QED) is 0.538. The summed E-state index contributed by atoms with van der Waals surface area (Å²) in [4.78, 5) is 8.00. The van der Waals surface area contributed by atoms with Crippen LogP contribution in [0, 0.1) is 6.92 Å². The molecule has 0 bridgehead atoms. The van der Waals surface area contributed by atoms with Crippen molar-refractivity contribution in [2.75, 3.05) is 0 Å². The van der Waals surface area contributed by atoms with Gasteiger partial charge in [0.25, 0.3) is 0 Å². The van der Waals surface area contributed by atoms with E-state index < -0.39 is 0 Å². The predicted molar refractivity (Wildman–Crippen MR) is 91.7 cm³/mol. The number of rotatable bonds is 2. The van der Waals surface area contributed by atoms with Crippen LogP contribution in [-0.4, -0.2) is 9.97 Å². The Balaban J connectivity index is 2.09. The number of imidazole rings is 1. The minimum Gasteiger partial charge on any atom is -0.342 e. The van der Waals surface area contributed by atoms with Crippen molar-refractivity contribution in [2.24, 2.45) is 0 Å². The number of aromatic nitrogens is 2. The summed E-state index contributed by atoms with van der Waals surface area (Å²) < 4.78 is 0. The smallest absolute Gasteiger partial charge is 0.104 e. The highest BCUT2D eigenvalue weighted by atomic mass is 14.9. The molecule has 0 aliphatic carbocycles. The van der Waals surface area contributed by atoms with Gasteiger partial charge in [-0.3, -0.25) is 0 Å².